The van der Waals surface area contributed by atoms with E-state index in [0.29, 0.717) is 37.4 Å². The fourth-order valence-corrected chi connectivity index (χ4v) is 2.79. The molecule has 0 aliphatic heterocycles. The lowest BCUT2D eigenvalue weighted by Gasteiger charge is -2.06. The zero-order valence-electron chi connectivity index (χ0n) is 16.0. The van der Waals surface area contributed by atoms with Crippen molar-refractivity contribution in [2.75, 3.05) is 13.7 Å². The maximum absolute atomic E-state index is 12.3. The van der Waals surface area contributed by atoms with E-state index >= 15 is 0 Å². The van der Waals surface area contributed by atoms with E-state index in [1.165, 1.54) is 9.25 Å². The van der Waals surface area contributed by atoms with E-state index in [-0.39, 0.29) is 11.6 Å². The molecule has 28 heavy (non-hydrogen) atoms. The van der Waals surface area contributed by atoms with Gasteiger partial charge in [0.1, 0.15) is 11.4 Å². The fourth-order valence-electron chi connectivity index (χ4n) is 2.79. The summed E-state index contributed by atoms with van der Waals surface area (Å²) in [6, 6.07) is 13.1. The molecule has 0 saturated carbocycles. The summed E-state index contributed by atoms with van der Waals surface area (Å²) in [6.07, 6.45) is 2.67. The summed E-state index contributed by atoms with van der Waals surface area (Å²) in [7, 11) is 3.28. The largest absolute Gasteiger partial charge is 0.497 e. The first-order valence-corrected chi connectivity index (χ1v) is 9.03. The van der Waals surface area contributed by atoms with E-state index in [0.717, 1.165) is 11.3 Å². The molecule has 0 fully saturated rings. The number of hydrogen-bond donors (Lipinski definition) is 1. The normalized spacial score (nSPS) is 10.6. The molecule has 2 heterocycles. The molecule has 1 N–H and O–H groups in total. The summed E-state index contributed by atoms with van der Waals surface area (Å²) in [4.78, 5) is 28.6. The Morgan fingerprint density at radius 2 is 1.96 bits per heavy atom. The monoisotopic (exact) mass is 381 g/mol. The lowest BCUT2D eigenvalue weighted by molar-refractivity contribution is -0.121. The number of nitrogens with one attached hydrogen (secondary N) is 1. The maximum Gasteiger partial charge on any atom is 0.346 e. The first-order chi connectivity index (χ1) is 13.6. The quantitative estimate of drug-likeness (QED) is 0.637. The van der Waals surface area contributed by atoms with Gasteiger partial charge in [0.05, 0.1) is 13.7 Å². The molecule has 0 spiro atoms. The van der Waals surface area contributed by atoms with Crippen LogP contribution in [0.5, 0.6) is 5.75 Å². The number of pyridine rings is 1. The van der Waals surface area contributed by atoms with Crippen molar-refractivity contribution in [3.8, 4) is 17.3 Å². The van der Waals surface area contributed by atoms with Gasteiger partial charge in [-0.25, -0.2) is 9.48 Å². The third-order valence-corrected chi connectivity index (χ3v) is 4.38. The minimum absolute atomic E-state index is 0.0650. The summed E-state index contributed by atoms with van der Waals surface area (Å²) in [5, 5.41) is 7.16. The summed E-state index contributed by atoms with van der Waals surface area (Å²) >= 11 is 0. The van der Waals surface area contributed by atoms with Crippen LogP contribution < -0.4 is 15.7 Å². The molecule has 0 aliphatic rings. The standard InChI is InChI=1S/C20H23N5O3/c1-24-19(17-5-3-4-12-21-17)23-25(20(24)27)14-13-22-18(26)11-8-15-6-9-16(28-2)10-7-15/h3-7,9-10,12H,8,11,13-14H2,1-2H3,(H,22,26). The average molecular weight is 381 g/mol. The predicted octanol–water partition coefficient (Wildman–Crippen LogP) is 1.40. The molecule has 3 rings (SSSR count). The smallest absolute Gasteiger partial charge is 0.346 e. The molecular weight excluding hydrogens is 358 g/mol. The number of benzene rings is 1. The van der Waals surface area contributed by atoms with Crippen LogP contribution in [-0.2, 0) is 24.8 Å². The van der Waals surface area contributed by atoms with Crippen LogP contribution >= 0.6 is 0 Å². The molecule has 0 unspecified atom stereocenters. The molecule has 3 aromatic rings. The number of hydrogen-bond acceptors (Lipinski definition) is 5. The molecule has 8 heteroatoms. The van der Waals surface area contributed by atoms with Gasteiger partial charge < -0.3 is 10.1 Å². The van der Waals surface area contributed by atoms with Gasteiger partial charge in [0.15, 0.2) is 5.82 Å². The van der Waals surface area contributed by atoms with Crippen LogP contribution in [0.3, 0.4) is 0 Å². The molecule has 8 nitrogen and oxygen atoms in total. The van der Waals surface area contributed by atoms with E-state index in [9.17, 15) is 9.59 Å². The lowest BCUT2D eigenvalue weighted by atomic mass is 10.1. The van der Waals surface area contributed by atoms with Gasteiger partial charge in [0.25, 0.3) is 0 Å². The minimum Gasteiger partial charge on any atom is -0.497 e. The van der Waals surface area contributed by atoms with Crippen LogP contribution in [0.4, 0.5) is 0 Å². The van der Waals surface area contributed by atoms with Crippen molar-refractivity contribution in [2.24, 2.45) is 7.05 Å². The molecule has 0 aliphatic carbocycles. The summed E-state index contributed by atoms with van der Waals surface area (Å²) < 4.78 is 7.91. The first kappa shape index (κ1) is 19.3. The number of amides is 1. The van der Waals surface area contributed by atoms with Crippen LogP contribution in [0.1, 0.15) is 12.0 Å². The van der Waals surface area contributed by atoms with E-state index < -0.39 is 0 Å². The number of carbonyl (C=O) groups is 1. The second kappa shape index (κ2) is 8.98. The number of rotatable bonds is 8. The zero-order valence-corrected chi connectivity index (χ0v) is 16.0. The lowest BCUT2D eigenvalue weighted by Crippen LogP contribution is -2.31. The molecule has 0 bridgehead atoms. The molecule has 1 amide bonds. The van der Waals surface area contributed by atoms with Crippen molar-refractivity contribution >= 4 is 5.91 Å². The second-order valence-electron chi connectivity index (χ2n) is 6.30. The Morgan fingerprint density at radius 3 is 2.64 bits per heavy atom. The third-order valence-electron chi connectivity index (χ3n) is 4.38. The number of methoxy groups -OCH3 is 1. The van der Waals surface area contributed by atoms with Gasteiger partial charge in [-0.05, 0) is 36.2 Å². The highest BCUT2D eigenvalue weighted by Crippen LogP contribution is 2.12. The highest BCUT2D eigenvalue weighted by atomic mass is 16.5. The Labute approximate surface area is 162 Å². The summed E-state index contributed by atoms with van der Waals surface area (Å²) in [5.74, 6) is 1.22. The zero-order chi connectivity index (χ0) is 19.9. The van der Waals surface area contributed by atoms with Crippen molar-refractivity contribution in [3.63, 3.8) is 0 Å². The Bertz CT molecular complexity index is 977. The van der Waals surface area contributed by atoms with Gasteiger partial charge in [-0.2, -0.15) is 0 Å². The highest BCUT2D eigenvalue weighted by Gasteiger charge is 2.13. The van der Waals surface area contributed by atoms with Crippen LogP contribution in [0.2, 0.25) is 0 Å². The molecule has 2 aromatic heterocycles. The molecule has 0 radical (unpaired) electrons. The van der Waals surface area contributed by atoms with E-state index in [1.54, 1.807) is 32.5 Å². The number of nitrogens with zero attached hydrogens (tertiary/aromatic N) is 4. The Hall–Kier alpha value is -3.42. The van der Waals surface area contributed by atoms with Crippen molar-refractivity contribution < 1.29 is 9.53 Å². The van der Waals surface area contributed by atoms with Gasteiger partial charge >= 0.3 is 5.69 Å². The molecule has 146 valence electrons. The number of aryl methyl sites for hydroxylation is 1. The topological polar surface area (TPSA) is 91.0 Å². The molecule has 0 atom stereocenters. The third kappa shape index (κ3) is 4.64. The van der Waals surface area contributed by atoms with Gasteiger partial charge in [-0.3, -0.25) is 14.3 Å². The van der Waals surface area contributed by atoms with Gasteiger partial charge in [-0.1, -0.05) is 18.2 Å². The van der Waals surface area contributed by atoms with E-state index in [4.69, 9.17) is 4.74 Å². The number of carbonyl (C=O) groups excluding carboxylic acids is 1. The number of ether oxygens (including phenoxy) is 1. The van der Waals surface area contributed by atoms with Gasteiger partial charge in [0.2, 0.25) is 5.91 Å². The summed E-state index contributed by atoms with van der Waals surface area (Å²) in [6.45, 7) is 0.633. The van der Waals surface area contributed by atoms with Crippen molar-refractivity contribution in [2.45, 2.75) is 19.4 Å². The maximum atomic E-state index is 12.3. The van der Waals surface area contributed by atoms with Crippen LogP contribution in [0.15, 0.2) is 53.5 Å². The van der Waals surface area contributed by atoms with Crippen molar-refractivity contribution in [3.05, 3.63) is 64.7 Å². The predicted molar refractivity (Wildman–Crippen MR) is 105 cm³/mol. The van der Waals surface area contributed by atoms with Gasteiger partial charge in [0, 0.05) is 26.2 Å². The second-order valence-corrected chi connectivity index (χ2v) is 6.30. The van der Waals surface area contributed by atoms with Crippen LogP contribution in [0, 0.1) is 0 Å². The van der Waals surface area contributed by atoms with Crippen LogP contribution in [-0.4, -0.2) is 38.9 Å². The Morgan fingerprint density at radius 1 is 1.18 bits per heavy atom. The number of aromatic nitrogens is 4. The Balaban J connectivity index is 1.50. The molecule has 1 aromatic carbocycles. The first-order valence-electron chi connectivity index (χ1n) is 9.03. The Kier molecular flexibility index (Phi) is 6.21. The summed E-state index contributed by atoms with van der Waals surface area (Å²) in [5.41, 5.74) is 1.45. The molecular formula is C20H23N5O3. The van der Waals surface area contributed by atoms with Gasteiger partial charge in [-0.15, -0.1) is 5.10 Å². The minimum atomic E-state index is -0.242. The van der Waals surface area contributed by atoms with Crippen molar-refractivity contribution in [1.82, 2.24) is 24.6 Å². The van der Waals surface area contributed by atoms with Crippen LogP contribution in [0.25, 0.3) is 11.5 Å². The molecule has 0 saturated heterocycles. The fraction of sp³-hybridized carbons (Fsp3) is 0.300. The van der Waals surface area contributed by atoms with Crippen molar-refractivity contribution in [1.29, 1.82) is 0 Å². The average Bonchev–Trinajstić information content (AvgIpc) is 3.02. The highest BCUT2D eigenvalue weighted by molar-refractivity contribution is 5.76. The SMILES string of the molecule is COc1ccc(CCC(=O)NCCn2nc(-c3ccccn3)n(C)c2=O)cc1. The van der Waals surface area contributed by atoms with E-state index in [1.807, 2.05) is 30.3 Å². The van der Waals surface area contributed by atoms with E-state index in [2.05, 4.69) is 15.4 Å².